The molecule has 2 amide bonds. The Balaban J connectivity index is 1.52. The van der Waals surface area contributed by atoms with Gasteiger partial charge in [-0.15, -0.1) is 0 Å². The number of ether oxygens (including phenoxy) is 1. The molecule has 1 atom stereocenters. The Bertz CT molecular complexity index is 1140. The molecule has 4 rings (SSSR count). The van der Waals surface area contributed by atoms with Gasteiger partial charge in [0.1, 0.15) is 24.6 Å². The number of hydrogen-bond donors (Lipinski definition) is 1. The normalized spacial score (nSPS) is 19.9. The summed E-state index contributed by atoms with van der Waals surface area (Å²) < 4.78 is 5.72. The lowest BCUT2D eigenvalue weighted by Gasteiger charge is -2.41. The van der Waals surface area contributed by atoms with Crippen molar-refractivity contribution in [1.82, 2.24) is 4.90 Å². The Morgan fingerprint density at radius 2 is 1.94 bits per heavy atom. The maximum atomic E-state index is 12.7. The molecule has 1 unspecified atom stereocenters. The Morgan fingerprint density at radius 1 is 1.23 bits per heavy atom. The van der Waals surface area contributed by atoms with E-state index < -0.39 is 5.91 Å². The van der Waals surface area contributed by atoms with Crippen LogP contribution >= 0.6 is 11.6 Å². The number of quaternary nitrogens is 1. The minimum Gasteiger partial charge on any atom is -0.379 e. The molecular formula is C23H26ClN4O3+. The Hall–Kier alpha value is -2.74. The summed E-state index contributed by atoms with van der Waals surface area (Å²) in [5.74, 6) is -0.104. The monoisotopic (exact) mass is 441 g/mol. The van der Waals surface area contributed by atoms with Gasteiger partial charge in [-0.3, -0.25) is 9.59 Å². The molecule has 1 saturated heterocycles. The van der Waals surface area contributed by atoms with Crippen molar-refractivity contribution in [2.75, 3.05) is 39.9 Å². The lowest BCUT2D eigenvalue weighted by Crippen LogP contribution is -2.56. The minimum absolute atomic E-state index is 0.0175. The summed E-state index contributed by atoms with van der Waals surface area (Å²) in [5, 5.41) is 7.39. The highest BCUT2D eigenvalue weighted by molar-refractivity contribution is 6.30. The molecule has 0 aromatic heterocycles. The lowest BCUT2D eigenvalue weighted by molar-refractivity contribution is -0.864. The van der Waals surface area contributed by atoms with Crippen LogP contribution in [0.25, 0.3) is 6.20 Å². The molecule has 2 aromatic carbocycles. The maximum Gasteiger partial charge on any atom is 0.253 e. The zero-order chi connectivity index (χ0) is 22.2. The van der Waals surface area contributed by atoms with Gasteiger partial charge < -0.3 is 15.4 Å². The van der Waals surface area contributed by atoms with Gasteiger partial charge in [-0.05, 0) is 48.9 Å². The number of amides is 2. The molecule has 0 bridgehead atoms. The fourth-order valence-electron chi connectivity index (χ4n) is 4.34. The van der Waals surface area contributed by atoms with Gasteiger partial charge in [-0.25, -0.2) is 0 Å². The highest BCUT2D eigenvalue weighted by Crippen LogP contribution is 2.25. The third-order valence-electron chi connectivity index (χ3n) is 6.03. The van der Waals surface area contributed by atoms with Crippen LogP contribution in [0.4, 0.5) is 0 Å². The van der Waals surface area contributed by atoms with E-state index >= 15 is 0 Å². The quantitative estimate of drug-likeness (QED) is 0.656. The number of benzene rings is 2. The van der Waals surface area contributed by atoms with Crippen molar-refractivity contribution in [2.45, 2.75) is 6.92 Å². The van der Waals surface area contributed by atoms with Crippen LogP contribution in [0.3, 0.4) is 0 Å². The van der Waals surface area contributed by atoms with E-state index in [1.54, 1.807) is 37.4 Å². The van der Waals surface area contributed by atoms with Crippen molar-refractivity contribution in [1.29, 1.82) is 0 Å². The average Bonchev–Trinajstić information content (AvgIpc) is 3.09. The summed E-state index contributed by atoms with van der Waals surface area (Å²) in [4.78, 5) is 26.3. The predicted octanol–water partition coefficient (Wildman–Crippen LogP) is 1.27. The van der Waals surface area contributed by atoms with Crippen LogP contribution in [0.2, 0.25) is 5.02 Å². The third-order valence-corrected chi connectivity index (χ3v) is 6.28. The molecule has 1 fully saturated rings. The highest BCUT2D eigenvalue weighted by atomic mass is 35.5. The van der Waals surface area contributed by atoms with E-state index in [0.717, 1.165) is 22.7 Å². The van der Waals surface area contributed by atoms with Gasteiger partial charge >= 0.3 is 0 Å². The van der Waals surface area contributed by atoms with Gasteiger partial charge in [-0.1, -0.05) is 16.7 Å². The molecule has 0 saturated carbocycles. The SMILES string of the molecule is COCC[N+]1(CC2CN(C(=O)c3ccc(Cl)cc3)C2)C=c2c(C)c(C(N)=O)ccc2=N1. The van der Waals surface area contributed by atoms with Crippen molar-refractivity contribution in [2.24, 2.45) is 16.8 Å². The van der Waals surface area contributed by atoms with E-state index in [-0.39, 0.29) is 5.91 Å². The van der Waals surface area contributed by atoms with Crippen molar-refractivity contribution in [3.8, 4) is 0 Å². The smallest absolute Gasteiger partial charge is 0.253 e. The number of primary amides is 1. The standard InChI is InChI=1S/C23H25ClN4O3/c1-15-19(22(25)29)7-8-21-20(15)14-28(26-21,9-10-31-2)13-16-11-27(12-16)23(30)17-3-5-18(24)6-4-17/h3-8,14,16H,9-13H2,1-2H3,(H-,25,29)/p+1. The van der Waals surface area contributed by atoms with E-state index in [1.807, 2.05) is 17.9 Å². The molecule has 2 N–H and O–H groups in total. The van der Waals surface area contributed by atoms with E-state index in [0.29, 0.717) is 52.9 Å². The number of methoxy groups -OCH3 is 1. The summed E-state index contributed by atoms with van der Waals surface area (Å²) in [5.41, 5.74) is 7.52. The first-order chi connectivity index (χ1) is 14.8. The Morgan fingerprint density at radius 3 is 2.58 bits per heavy atom. The van der Waals surface area contributed by atoms with Gasteiger partial charge in [0.2, 0.25) is 5.91 Å². The number of fused-ring (bicyclic) bond motifs is 1. The molecule has 2 aromatic rings. The first-order valence-corrected chi connectivity index (χ1v) is 10.6. The molecule has 2 aliphatic rings. The molecule has 31 heavy (non-hydrogen) atoms. The van der Waals surface area contributed by atoms with Crippen LogP contribution in [0.5, 0.6) is 0 Å². The molecule has 8 heteroatoms. The molecule has 7 nitrogen and oxygen atoms in total. The topological polar surface area (TPSA) is 85.0 Å². The van der Waals surface area contributed by atoms with Gasteiger partial charge in [0.25, 0.3) is 5.91 Å². The zero-order valence-electron chi connectivity index (χ0n) is 17.7. The first-order valence-electron chi connectivity index (χ1n) is 10.2. The molecule has 2 aliphatic heterocycles. The largest absolute Gasteiger partial charge is 0.379 e. The van der Waals surface area contributed by atoms with Crippen molar-refractivity contribution in [3.05, 3.63) is 68.7 Å². The number of hydrogen-bond acceptors (Lipinski definition) is 4. The molecule has 0 spiro atoms. The summed E-state index contributed by atoms with van der Waals surface area (Å²) in [6.07, 6.45) is 2.10. The van der Waals surface area contributed by atoms with Crippen molar-refractivity contribution >= 4 is 29.6 Å². The van der Waals surface area contributed by atoms with E-state index in [1.165, 1.54) is 0 Å². The molecule has 162 valence electrons. The van der Waals surface area contributed by atoms with Crippen LogP contribution in [-0.4, -0.2) is 61.2 Å². The summed E-state index contributed by atoms with van der Waals surface area (Å²) in [7, 11) is 1.67. The van der Waals surface area contributed by atoms with Crippen LogP contribution < -0.4 is 16.3 Å². The van der Waals surface area contributed by atoms with Crippen LogP contribution in [-0.2, 0) is 4.74 Å². The second-order valence-electron chi connectivity index (χ2n) is 8.23. The van der Waals surface area contributed by atoms with Gasteiger partial charge in [-0.2, -0.15) is 4.59 Å². The second kappa shape index (κ2) is 8.42. The van der Waals surface area contributed by atoms with Crippen LogP contribution in [0, 0.1) is 12.8 Å². The fourth-order valence-corrected chi connectivity index (χ4v) is 4.46. The predicted molar refractivity (Wildman–Crippen MR) is 118 cm³/mol. The molecule has 0 radical (unpaired) electrons. The van der Waals surface area contributed by atoms with Crippen molar-refractivity contribution < 1.29 is 18.9 Å². The van der Waals surface area contributed by atoms with Gasteiger partial charge in [0, 0.05) is 42.3 Å². The third kappa shape index (κ3) is 4.21. The number of carbonyl (C=O) groups is 2. The maximum absolute atomic E-state index is 12.7. The summed E-state index contributed by atoms with van der Waals surface area (Å²) >= 11 is 5.92. The fraction of sp³-hybridized carbons (Fsp3) is 0.348. The number of rotatable bonds is 7. The Labute approximate surface area is 185 Å². The van der Waals surface area contributed by atoms with Crippen LogP contribution in [0.15, 0.2) is 41.5 Å². The zero-order valence-corrected chi connectivity index (χ0v) is 18.4. The van der Waals surface area contributed by atoms with Crippen molar-refractivity contribution in [3.63, 3.8) is 0 Å². The van der Waals surface area contributed by atoms with E-state index in [4.69, 9.17) is 27.2 Å². The highest BCUT2D eigenvalue weighted by Gasteiger charge is 2.40. The first kappa shape index (κ1) is 21.5. The van der Waals surface area contributed by atoms with Gasteiger partial charge in [0.15, 0.2) is 0 Å². The number of halogens is 1. The lowest BCUT2D eigenvalue weighted by atomic mass is 9.97. The number of nitrogens with two attached hydrogens (primary N) is 1. The van der Waals surface area contributed by atoms with Crippen LogP contribution in [0.1, 0.15) is 26.3 Å². The number of likely N-dealkylation sites (tertiary alicyclic amines) is 1. The van der Waals surface area contributed by atoms with E-state index in [9.17, 15) is 9.59 Å². The van der Waals surface area contributed by atoms with Gasteiger partial charge in [0.05, 0.1) is 11.8 Å². The molecule has 0 aliphatic carbocycles. The minimum atomic E-state index is -0.439. The van der Waals surface area contributed by atoms with E-state index in [2.05, 4.69) is 6.20 Å². The average molecular weight is 442 g/mol. The number of carbonyl (C=O) groups excluding carboxylic acids is 2. The number of nitrogens with zero attached hydrogens (tertiary/aromatic N) is 3. The molecular weight excluding hydrogens is 416 g/mol. The Kier molecular flexibility index (Phi) is 5.83. The summed E-state index contributed by atoms with van der Waals surface area (Å²) in [6, 6.07) is 10.6. The summed E-state index contributed by atoms with van der Waals surface area (Å²) in [6.45, 7) is 5.25. The molecule has 2 heterocycles. The second-order valence-corrected chi connectivity index (χ2v) is 8.67.